The van der Waals surface area contributed by atoms with Crippen LogP contribution in [0.2, 0.25) is 0 Å². The number of hydrogen-bond acceptors (Lipinski definition) is 4. The summed E-state index contributed by atoms with van der Waals surface area (Å²) in [6.07, 6.45) is 3.22. The Labute approximate surface area is 112 Å². The summed E-state index contributed by atoms with van der Waals surface area (Å²) in [5, 5.41) is 6.02. The van der Waals surface area contributed by atoms with Crippen molar-refractivity contribution in [3.63, 3.8) is 0 Å². The van der Waals surface area contributed by atoms with Crippen LogP contribution >= 0.6 is 0 Å². The number of carbonyl (C=O) groups excluding carboxylic acids is 3. The summed E-state index contributed by atoms with van der Waals surface area (Å²) < 4.78 is 0. The number of hydrogen-bond donors (Lipinski definition) is 2. The maximum absolute atomic E-state index is 11.9. The Balaban J connectivity index is 1.81. The second-order valence-electron chi connectivity index (χ2n) is 5.35. The fraction of sp³-hybridized carbons (Fsp3) is 0.769. The van der Waals surface area contributed by atoms with E-state index < -0.39 is 6.04 Å². The molecule has 0 aromatic heterocycles. The van der Waals surface area contributed by atoms with Crippen LogP contribution < -0.4 is 10.6 Å². The van der Waals surface area contributed by atoms with Crippen LogP contribution in [0.3, 0.4) is 0 Å². The average molecular weight is 267 g/mol. The molecule has 0 aromatic rings. The van der Waals surface area contributed by atoms with Gasteiger partial charge in [0.2, 0.25) is 11.8 Å². The molecule has 0 bridgehead atoms. The summed E-state index contributed by atoms with van der Waals surface area (Å²) in [5.74, 6) is -0.143. The van der Waals surface area contributed by atoms with Crippen molar-refractivity contribution < 1.29 is 14.4 Å². The third-order valence-corrected chi connectivity index (χ3v) is 3.92. The highest BCUT2D eigenvalue weighted by molar-refractivity contribution is 6.01. The van der Waals surface area contributed by atoms with Gasteiger partial charge < -0.3 is 10.6 Å². The Morgan fingerprint density at radius 2 is 2.00 bits per heavy atom. The number of nitrogens with zero attached hydrogens (tertiary/aromatic N) is 1. The quantitative estimate of drug-likeness (QED) is 0.685. The number of likely N-dealkylation sites (tertiary alicyclic amines) is 1. The fourth-order valence-electron chi connectivity index (χ4n) is 2.65. The van der Waals surface area contributed by atoms with Crippen LogP contribution in [-0.4, -0.2) is 48.8 Å². The first-order chi connectivity index (χ1) is 9.08. The highest BCUT2D eigenvalue weighted by atomic mass is 16.2. The molecule has 2 aliphatic rings. The van der Waals surface area contributed by atoms with Crippen molar-refractivity contribution in [3.8, 4) is 0 Å². The van der Waals surface area contributed by atoms with Crippen molar-refractivity contribution in [1.29, 1.82) is 0 Å². The fourth-order valence-corrected chi connectivity index (χ4v) is 2.65. The van der Waals surface area contributed by atoms with Crippen LogP contribution in [0.5, 0.6) is 0 Å². The molecule has 106 valence electrons. The second-order valence-corrected chi connectivity index (χ2v) is 5.35. The van der Waals surface area contributed by atoms with E-state index in [4.69, 9.17) is 0 Å². The number of rotatable bonds is 3. The van der Waals surface area contributed by atoms with E-state index in [9.17, 15) is 14.4 Å². The standard InChI is InChI=1S/C13H21N3O3/c1-16-12(18)3-2-10(13(16)19)15-11(17)8-9-4-6-14-7-5-9/h9-10,14H,2-8H2,1H3,(H,15,17). The molecular weight excluding hydrogens is 246 g/mol. The van der Waals surface area contributed by atoms with Gasteiger partial charge in [-0.25, -0.2) is 0 Å². The molecule has 2 rings (SSSR count). The van der Waals surface area contributed by atoms with Crippen LogP contribution in [0.4, 0.5) is 0 Å². The van der Waals surface area contributed by atoms with Crippen LogP contribution in [0, 0.1) is 5.92 Å². The van der Waals surface area contributed by atoms with Crippen LogP contribution in [0.25, 0.3) is 0 Å². The molecule has 1 atom stereocenters. The zero-order chi connectivity index (χ0) is 13.8. The molecule has 6 heteroatoms. The van der Waals surface area contributed by atoms with Gasteiger partial charge in [-0.05, 0) is 38.3 Å². The normalized spacial score (nSPS) is 25.5. The molecule has 0 spiro atoms. The first-order valence-electron chi connectivity index (χ1n) is 6.88. The summed E-state index contributed by atoms with van der Waals surface area (Å²) >= 11 is 0. The van der Waals surface area contributed by atoms with E-state index in [1.807, 2.05) is 0 Å². The molecule has 0 saturated carbocycles. The zero-order valence-electron chi connectivity index (χ0n) is 11.3. The molecule has 19 heavy (non-hydrogen) atoms. The van der Waals surface area contributed by atoms with E-state index in [2.05, 4.69) is 10.6 Å². The van der Waals surface area contributed by atoms with Gasteiger partial charge in [0, 0.05) is 19.9 Å². The lowest BCUT2D eigenvalue weighted by atomic mass is 9.94. The Kier molecular flexibility index (Phi) is 4.52. The molecule has 3 amide bonds. The summed E-state index contributed by atoms with van der Waals surface area (Å²) in [6, 6.07) is -0.531. The molecule has 2 aliphatic heterocycles. The number of carbonyl (C=O) groups is 3. The van der Waals surface area contributed by atoms with E-state index >= 15 is 0 Å². The minimum absolute atomic E-state index is 0.0759. The largest absolute Gasteiger partial charge is 0.344 e. The third kappa shape index (κ3) is 3.53. The lowest BCUT2D eigenvalue weighted by Gasteiger charge is -2.29. The molecule has 1 unspecified atom stereocenters. The minimum atomic E-state index is -0.531. The van der Waals surface area contributed by atoms with Crippen LogP contribution in [0.1, 0.15) is 32.1 Å². The number of nitrogens with one attached hydrogen (secondary N) is 2. The monoisotopic (exact) mass is 267 g/mol. The van der Waals surface area contributed by atoms with Gasteiger partial charge in [-0.1, -0.05) is 0 Å². The van der Waals surface area contributed by atoms with Gasteiger partial charge in [0.05, 0.1) is 0 Å². The van der Waals surface area contributed by atoms with Crippen molar-refractivity contribution in [2.45, 2.75) is 38.1 Å². The first-order valence-corrected chi connectivity index (χ1v) is 6.88. The number of likely N-dealkylation sites (N-methyl/N-ethyl adjacent to an activating group) is 1. The second kappa shape index (κ2) is 6.14. The van der Waals surface area contributed by atoms with Gasteiger partial charge in [-0.15, -0.1) is 0 Å². The summed E-state index contributed by atoms with van der Waals surface area (Å²) in [4.78, 5) is 36.2. The Morgan fingerprint density at radius 1 is 1.32 bits per heavy atom. The Morgan fingerprint density at radius 3 is 2.68 bits per heavy atom. The molecule has 2 saturated heterocycles. The number of imide groups is 1. The molecule has 2 heterocycles. The molecular formula is C13H21N3O3. The summed E-state index contributed by atoms with van der Waals surface area (Å²) in [7, 11) is 1.47. The molecule has 0 aliphatic carbocycles. The van der Waals surface area contributed by atoms with Gasteiger partial charge in [0.15, 0.2) is 0 Å². The molecule has 0 aromatic carbocycles. The van der Waals surface area contributed by atoms with Gasteiger partial charge in [0.1, 0.15) is 6.04 Å². The van der Waals surface area contributed by atoms with Gasteiger partial charge >= 0.3 is 0 Å². The van der Waals surface area contributed by atoms with Gasteiger partial charge in [0.25, 0.3) is 5.91 Å². The van der Waals surface area contributed by atoms with E-state index in [0.29, 0.717) is 25.2 Å². The summed E-state index contributed by atoms with van der Waals surface area (Å²) in [6.45, 7) is 1.91. The lowest BCUT2D eigenvalue weighted by molar-refractivity contribution is -0.149. The third-order valence-electron chi connectivity index (χ3n) is 3.92. The van der Waals surface area contributed by atoms with Crippen LogP contribution in [0.15, 0.2) is 0 Å². The lowest BCUT2D eigenvalue weighted by Crippen LogP contribution is -2.53. The van der Waals surface area contributed by atoms with Crippen molar-refractivity contribution in [2.24, 2.45) is 5.92 Å². The van der Waals surface area contributed by atoms with E-state index in [1.54, 1.807) is 0 Å². The molecule has 2 N–H and O–H groups in total. The molecule has 2 fully saturated rings. The maximum Gasteiger partial charge on any atom is 0.251 e. The predicted octanol–water partition coefficient (Wildman–Crippen LogP) is -0.360. The molecule has 6 nitrogen and oxygen atoms in total. The Bertz CT molecular complexity index is 377. The van der Waals surface area contributed by atoms with E-state index in [0.717, 1.165) is 30.8 Å². The van der Waals surface area contributed by atoms with Gasteiger partial charge in [-0.2, -0.15) is 0 Å². The SMILES string of the molecule is CN1C(=O)CCC(NC(=O)CC2CCNCC2)C1=O. The highest BCUT2D eigenvalue weighted by Crippen LogP contribution is 2.17. The Hall–Kier alpha value is -1.43. The average Bonchev–Trinajstić information content (AvgIpc) is 2.41. The van der Waals surface area contributed by atoms with E-state index in [1.165, 1.54) is 7.05 Å². The zero-order valence-corrected chi connectivity index (χ0v) is 11.3. The number of amides is 3. The maximum atomic E-state index is 11.9. The van der Waals surface area contributed by atoms with Crippen LogP contribution in [-0.2, 0) is 14.4 Å². The van der Waals surface area contributed by atoms with Crippen molar-refractivity contribution >= 4 is 17.7 Å². The van der Waals surface area contributed by atoms with Crippen molar-refractivity contribution in [3.05, 3.63) is 0 Å². The van der Waals surface area contributed by atoms with Gasteiger partial charge in [-0.3, -0.25) is 19.3 Å². The minimum Gasteiger partial charge on any atom is -0.344 e. The predicted molar refractivity (Wildman–Crippen MR) is 69.2 cm³/mol. The first kappa shape index (κ1) is 14.0. The highest BCUT2D eigenvalue weighted by Gasteiger charge is 2.32. The molecule has 0 radical (unpaired) electrons. The smallest absolute Gasteiger partial charge is 0.251 e. The van der Waals surface area contributed by atoms with E-state index in [-0.39, 0.29) is 17.7 Å². The topological polar surface area (TPSA) is 78.5 Å². The summed E-state index contributed by atoms with van der Waals surface area (Å²) in [5.41, 5.74) is 0. The van der Waals surface area contributed by atoms with Crippen molar-refractivity contribution in [1.82, 2.24) is 15.5 Å². The van der Waals surface area contributed by atoms with Crippen molar-refractivity contribution in [2.75, 3.05) is 20.1 Å². The number of piperidine rings is 2.